The third kappa shape index (κ3) is 4.72. The highest BCUT2D eigenvalue weighted by Gasteiger charge is 2.16. The normalized spacial score (nSPS) is 19.0. The topological polar surface area (TPSA) is 29.1 Å². The summed E-state index contributed by atoms with van der Waals surface area (Å²) in [4.78, 5) is 10.7. The molecule has 0 saturated heterocycles. The van der Waals surface area contributed by atoms with Gasteiger partial charge in [0.15, 0.2) is 0 Å². The van der Waals surface area contributed by atoms with Gasteiger partial charge in [-0.2, -0.15) is 0 Å². The van der Waals surface area contributed by atoms with Crippen molar-refractivity contribution < 1.29 is 4.79 Å². The van der Waals surface area contributed by atoms with E-state index in [1.807, 2.05) is 0 Å². The number of carbonyl (C=O) groups excluding carboxylic acids is 1. The van der Waals surface area contributed by atoms with E-state index in [-0.39, 0.29) is 12.3 Å². The van der Waals surface area contributed by atoms with E-state index in [9.17, 15) is 4.79 Å². The SMILES string of the molecule is O=C(CC(Cl)Cl)NC1CCCCC1. The maximum Gasteiger partial charge on any atom is 0.222 e. The molecular formula is C9H15Cl2NO. The van der Waals surface area contributed by atoms with Crippen molar-refractivity contribution in [3.63, 3.8) is 0 Å². The Balaban J connectivity index is 2.18. The van der Waals surface area contributed by atoms with Crippen LogP contribution >= 0.6 is 23.2 Å². The third-order valence-electron chi connectivity index (χ3n) is 2.31. The van der Waals surface area contributed by atoms with Crippen LogP contribution in [0.1, 0.15) is 38.5 Å². The van der Waals surface area contributed by atoms with Crippen LogP contribution in [0.15, 0.2) is 0 Å². The Hall–Kier alpha value is 0.0500. The van der Waals surface area contributed by atoms with E-state index in [2.05, 4.69) is 5.32 Å². The second-order valence-corrected chi connectivity index (χ2v) is 4.77. The highest BCUT2D eigenvalue weighted by Crippen LogP contribution is 2.17. The van der Waals surface area contributed by atoms with E-state index < -0.39 is 4.84 Å². The van der Waals surface area contributed by atoms with Crippen LogP contribution in [0.4, 0.5) is 0 Å². The molecule has 0 aromatic carbocycles. The first kappa shape index (κ1) is 11.1. The summed E-state index contributed by atoms with van der Waals surface area (Å²) < 4.78 is 0. The monoisotopic (exact) mass is 223 g/mol. The second kappa shape index (κ2) is 5.71. The molecule has 0 radical (unpaired) electrons. The number of rotatable bonds is 3. The van der Waals surface area contributed by atoms with Gasteiger partial charge in [0.1, 0.15) is 4.84 Å². The standard InChI is InChI=1S/C9H15Cl2NO/c10-8(11)6-9(13)12-7-4-2-1-3-5-7/h7-8H,1-6H2,(H,12,13). The van der Waals surface area contributed by atoms with Gasteiger partial charge in [0.05, 0.1) is 6.42 Å². The third-order valence-corrected chi connectivity index (χ3v) is 2.62. The minimum Gasteiger partial charge on any atom is -0.353 e. The molecule has 0 bridgehead atoms. The van der Waals surface area contributed by atoms with Gasteiger partial charge in [-0.15, -0.1) is 23.2 Å². The predicted molar refractivity (Wildman–Crippen MR) is 55.1 cm³/mol. The molecule has 0 spiro atoms. The molecule has 4 heteroatoms. The number of amides is 1. The molecule has 1 aliphatic carbocycles. The minimum atomic E-state index is -0.580. The van der Waals surface area contributed by atoms with Crippen LogP contribution in [0, 0.1) is 0 Å². The molecule has 1 fully saturated rings. The van der Waals surface area contributed by atoms with Gasteiger partial charge < -0.3 is 5.32 Å². The fourth-order valence-corrected chi connectivity index (χ4v) is 1.95. The van der Waals surface area contributed by atoms with Gasteiger partial charge in [-0.3, -0.25) is 4.79 Å². The summed E-state index contributed by atoms with van der Waals surface area (Å²) in [6.07, 6.45) is 6.13. The molecule has 0 atom stereocenters. The summed E-state index contributed by atoms with van der Waals surface area (Å²) in [7, 11) is 0. The Morgan fingerprint density at radius 3 is 2.46 bits per heavy atom. The molecule has 1 saturated carbocycles. The first-order valence-electron chi connectivity index (χ1n) is 4.76. The summed E-state index contributed by atoms with van der Waals surface area (Å²) in [5, 5.41) is 2.94. The zero-order valence-corrected chi connectivity index (χ0v) is 9.07. The van der Waals surface area contributed by atoms with Crippen molar-refractivity contribution in [3.8, 4) is 0 Å². The van der Waals surface area contributed by atoms with Crippen LogP contribution in [-0.4, -0.2) is 16.8 Å². The summed E-state index contributed by atoms with van der Waals surface area (Å²) >= 11 is 11.0. The van der Waals surface area contributed by atoms with E-state index in [4.69, 9.17) is 23.2 Å². The number of alkyl halides is 2. The van der Waals surface area contributed by atoms with Crippen LogP contribution in [0.3, 0.4) is 0 Å². The van der Waals surface area contributed by atoms with Gasteiger partial charge in [-0.25, -0.2) is 0 Å². The Kier molecular flexibility index (Phi) is 4.89. The summed E-state index contributed by atoms with van der Waals surface area (Å²) in [6.45, 7) is 0. The average molecular weight is 224 g/mol. The lowest BCUT2D eigenvalue weighted by Crippen LogP contribution is -2.36. The zero-order valence-electron chi connectivity index (χ0n) is 7.56. The number of hydrogen-bond donors (Lipinski definition) is 1. The number of carbonyl (C=O) groups is 1. The van der Waals surface area contributed by atoms with Crippen LogP contribution in [0.2, 0.25) is 0 Å². The maximum atomic E-state index is 11.2. The summed E-state index contributed by atoms with van der Waals surface area (Å²) in [6, 6.07) is 0.355. The molecular weight excluding hydrogens is 209 g/mol. The molecule has 1 aliphatic rings. The molecule has 0 heterocycles. The van der Waals surface area contributed by atoms with Gasteiger partial charge in [-0.05, 0) is 12.8 Å². The highest BCUT2D eigenvalue weighted by molar-refractivity contribution is 6.45. The fourth-order valence-electron chi connectivity index (χ4n) is 1.67. The van der Waals surface area contributed by atoms with E-state index >= 15 is 0 Å². The molecule has 0 aromatic heterocycles. The van der Waals surface area contributed by atoms with Crippen molar-refractivity contribution in [1.29, 1.82) is 0 Å². The number of nitrogens with one attached hydrogen (secondary N) is 1. The lowest BCUT2D eigenvalue weighted by atomic mass is 9.95. The predicted octanol–water partition coefficient (Wildman–Crippen LogP) is 2.63. The molecule has 1 rings (SSSR count). The van der Waals surface area contributed by atoms with Gasteiger partial charge in [0.2, 0.25) is 5.91 Å². The van der Waals surface area contributed by atoms with Gasteiger partial charge >= 0.3 is 0 Å². The Bertz CT molecular complexity index is 167. The Labute approximate surface area is 89.0 Å². The van der Waals surface area contributed by atoms with Gasteiger partial charge in [-0.1, -0.05) is 19.3 Å². The van der Waals surface area contributed by atoms with Crippen LogP contribution in [0.25, 0.3) is 0 Å². The fraction of sp³-hybridized carbons (Fsp3) is 0.889. The zero-order chi connectivity index (χ0) is 9.68. The van der Waals surface area contributed by atoms with Crippen molar-refractivity contribution >= 4 is 29.1 Å². The number of halogens is 2. The molecule has 0 unspecified atom stereocenters. The van der Waals surface area contributed by atoms with E-state index in [1.165, 1.54) is 19.3 Å². The number of hydrogen-bond acceptors (Lipinski definition) is 1. The first-order chi connectivity index (χ1) is 6.18. The quantitative estimate of drug-likeness (QED) is 0.733. The van der Waals surface area contributed by atoms with Gasteiger partial charge in [0, 0.05) is 6.04 Å². The molecule has 13 heavy (non-hydrogen) atoms. The van der Waals surface area contributed by atoms with E-state index in [0.717, 1.165) is 12.8 Å². The summed E-state index contributed by atoms with van der Waals surface area (Å²) in [5.41, 5.74) is 0. The lowest BCUT2D eigenvalue weighted by Gasteiger charge is -2.22. The molecule has 0 aromatic rings. The van der Waals surface area contributed by atoms with Crippen LogP contribution in [0.5, 0.6) is 0 Å². The Morgan fingerprint density at radius 2 is 1.92 bits per heavy atom. The van der Waals surface area contributed by atoms with E-state index in [1.54, 1.807) is 0 Å². The first-order valence-corrected chi connectivity index (χ1v) is 5.63. The molecule has 1 N–H and O–H groups in total. The van der Waals surface area contributed by atoms with Crippen molar-refractivity contribution in [3.05, 3.63) is 0 Å². The average Bonchev–Trinajstić information content (AvgIpc) is 2.04. The molecule has 0 aliphatic heterocycles. The molecule has 1 amide bonds. The van der Waals surface area contributed by atoms with Crippen LogP contribution < -0.4 is 5.32 Å². The van der Waals surface area contributed by atoms with E-state index in [0.29, 0.717) is 6.04 Å². The minimum absolute atomic E-state index is 0.0260. The van der Waals surface area contributed by atoms with Crippen molar-refractivity contribution in [2.45, 2.75) is 49.4 Å². The lowest BCUT2D eigenvalue weighted by molar-refractivity contribution is -0.121. The van der Waals surface area contributed by atoms with Gasteiger partial charge in [0.25, 0.3) is 0 Å². The Morgan fingerprint density at radius 1 is 1.31 bits per heavy atom. The summed E-state index contributed by atoms with van der Waals surface area (Å²) in [5.74, 6) is -0.0260. The molecule has 2 nitrogen and oxygen atoms in total. The smallest absolute Gasteiger partial charge is 0.222 e. The van der Waals surface area contributed by atoms with Crippen molar-refractivity contribution in [2.24, 2.45) is 0 Å². The van der Waals surface area contributed by atoms with Crippen molar-refractivity contribution in [1.82, 2.24) is 5.32 Å². The van der Waals surface area contributed by atoms with Crippen molar-refractivity contribution in [2.75, 3.05) is 0 Å². The maximum absolute atomic E-state index is 11.2. The molecule has 76 valence electrons. The second-order valence-electron chi connectivity index (χ2n) is 3.50. The largest absolute Gasteiger partial charge is 0.353 e. The van der Waals surface area contributed by atoms with Crippen LogP contribution in [-0.2, 0) is 4.79 Å². The highest BCUT2D eigenvalue weighted by atomic mass is 35.5.